The Bertz CT molecular complexity index is 1470. The fourth-order valence-corrected chi connectivity index (χ4v) is 5.57. The number of amides is 1. The zero-order valence-electron chi connectivity index (χ0n) is 22.4. The number of fused-ring (bicyclic) bond motifs is 1. The molecule has 0 bridgehead atoms. The van der Waals surface area contributed by atoms with Crippen molar-refractivity contribution in [1.82, 2.24) is 5.01 Å². The lowest BCUT2D eigenvalue weighted by molar-refractivity contribution is -0.384. The Morgan fingerprint density at radius 3 is 2.33 bits per heavy atom. The van der Waals surface area contributed by atoms with Crippen LogP contribution in [0, 0.1) is 16.0 Å². The average molecular weight is 560 g/mol. The van der Waals surface area contributed by atoms with Gasteiger partial charge in [-0.2, -0.15) is 5.10 Å². The molecule has 1 aliphatic heterocycles. The van der Waals surface area contributed by atoms with E-state index in [9.17, 15) is 14.9 Å². The monoisotopic (exact) mass is 559 g/mol. The number of hydrogen-bond acceptors (Lipinski definition) is 6. The van der Waals surface area contributed by atoms with Crippen molar-refractivity contribution in [3.8, 4) is 11.5 Å². The largest absolute Gasteiger partial charge is 0.494 e. The van der Waals surface area contributed by atoms with Gasteiger partial charge in [0.1, 0.15) is 11.5 Å². The summed E-state index contributed by atoms with van der Waals surface area (Å²) >= 11 is 6.39. The number of nitrogens with zero attached hydrogens (tertiary/aromatic N) is 3. The molecule has 3 aromatic carbocycles. The highest BCUT2D eigenvalue weighted by Crippen LogP contribution is 2.45. The Kier molecular flexibility index (Phi) is 8.16. The first-order chi connectivity index (χ1) is 19.4. The number of rotatable bonds is 8. The number of allylic oxidation sites excluding steroid dienone is 1. The lowest BCUT2D eigenvalue weighted by Gasteiger charge is -2.30. The molecule has 0 unspecified atom stereocenters. The fourth-order valence-electron chi connectivity index (χ4n) is 5.37. The van der Waals surface area contributed by atoms with Crippen LogP contribution in [0.2, 0.25) is 5.02 Å². The number of nitro groups is 1. The van der Waals surface area contributed by atoms with Gasteiger partial charge in [-0.05, 0) is 86.2 Å². The third-order valence-electron chi connectivity index (χ3n) is 7.17. The van der Waals surface area contributed by atoms with E-state index in [1.165, 1.54) is 23.2 Å². The summed E-state index contributed by atoms with van der Waals surface area (Å²) in [7, 11) is 0. The molecule has 0 radical (unpaired) electrons. The minimum atomic E-state index is -0.537. The van der Waals surface area contributed by atoms with Gasteiger partial charge in [0.05, 0.1) is 40.5 Å². The van der Waals surface area contributed by atoms with E-state index in [0.717, 1.165) is 53.2 Å². The van der Waals surface area contributed by atoms with Gasteiger partial charge in [-0.25, -0.2) is 5.01 Å². The first-order valence-corrected chi connectivity index (χ1v) is 13.8. The first kappa shape index (κ1) is 27.4. The van der Waals surface area contributed by atoms with E-state index in [4.69, 9.17) is 26.2 Å². The Morgan fingerprint density at radius 1 is 1.05 bits per heavy atom. The second kappa shape index (κ2) is 11.9. The molecule has 2 atom stereocenters. The van der Waals surface area contributed by atoms with E-state index in [1.54, 1.807) is 0 Å². The van der Waals surface area contributed by atoms with Gasteiger partial charge >= 0.3 is 0 Å². The van der Waals surface area contributed by atoms with Crippen molar-refractivity contribution in [1.29, 1.82) is 0 Å². The summed E-state index contributed by atoms with van der Waals surface area (Å²) in [6.45, 7) is 5.03. The van der Waals surface area contributed by atoms with Gasteiger partial charge in [-0.15, -0.1) is 0 Å². The second-order valence-electron chi connectivity index (χ2n) is 9.67. The van der Waals surface area contributed by atoms with Gasteiger partial charge in [0.15, 0.2) is 0 Å². The topological polar surface area (TPSA) is 94.3 Å². The molecule has 1 heterocycles. The number of ether oxygens (including phenoxy) is 2. The molecule has 1 amide bonds. The van der Waals surface area contributed by atoms with Crippen LogP contribution in [-0.2, 0) is 0 Å². The lowest BCUT2D eigenvalue weighted by atomic mass is 9.77. The molecule has 1 fully saturated rings. The van der Waals surface area contributed by atoms with Crippen molar-refractivity contribution in [2.24, 2.45) is 11.0 Å². The molecule has 0 spiro atoms. The summed E-state index contributed by atoms with van der Waals surface area (Å²) in [4.78, 5) is 24.9. The molecule has 206 valence electrons. The molecule has 0 N–H and O–H groups in total. The molecule has 5 rings (SSSR count). The van der Waals surface area contributed by atoms with E-state index in [2.05, 4.69) is 6.08 Å². The fraction of sp³-hybridized carbons (Fsp3) is 0.290. The molecular weight excluding hydrogens is 530 g/mol. The van der Waals surface area contributed by atoms with Gasteiger partial charge in [0.2, 0.25) is 0 Å². The summed E-state index contributed by atoms with van der Waals surface area (Å²) in [5.74, 6) is 1.03. The molecule has 2 aliphatic rings. The van der Waals surface area contributed by atoms with Crippen LogP contribution in [0.3, 0.4) is 0 Å². The van der Waals surface area contributed by atoms with Crippen molar-refractivity contribution in [2.75, 3.05) is 13.2 Å². The number of hydrogen-bond donors (Lipinski definition) is 0. The van der Waals surface area contributed by atoms with E-state index in [-0.39, 0.29) is 22.2 Å². The van der Waals surface area contributed by atoms with Crippen LogP contribution in [0.1, 0.15) is 60.6 Å². The third-order valence-corrected chi connectivity index (χ3v) is 7.50. The quantitative estimate of drug-likeness (QED) is 0.210. The zero-order valence-corrected chi connectivity index (χ0v) is 23.1. The standard InChI is InChI=1S/C31H30ClN3O5/c1-3-39-24-13-8-20(9-14-24)18-22-6-5-7-26-29(22)33-34(30(26)21-10-15-25(16-11-21)40-4-2)31(36)27-19-23(35(37)38)12-17-28(27)32/h8-19,26,30H,3-7H2,1-2H3/b22-18-/t26-,30+/m0/s1. The number of hydrazone groups is 1. The third kappa shape index (κ3) is 5.58. The number of non-ortho nitro benzene ring substituents is 1. The number of nitro benzene ring substituents is 1. The van der Waals surface area contributed by atoms with E-state index < -0.39 is 16.9 Å². The molecule has 9 heteroatoms. The first-order valence-electron chi connectivity index (χ1n) is 13.4. The summed E-state index contributed by atoms with van der Waals surface area (Å²) in [5.41, 5.74) is 3.69. The molecule has 40 heavy (non-hydrogen) atoms. The molecule has 8 nitrogen and oxygen atoms in total. The van der Waals surface area contributed by atoms with E-state index in [0.29, 0.717) is 13.2 Å². The maximum Gasteiger partial charge on any atom is 0.276 e. The average Bonchev–Trinajstić information content (AvgIpc) is 3.35. The second-order valence-corrected chi connectivity index (χ2v) is 10.1. The van der Waals surface area contributed by atoms with Gasteiger partial charge < -0.3 is 9.47 Å². The number of benzene rings is 3. The van der Waals surface area contributed by atoms with Crippen molar-refractivity contribution >= 4 is 35.0 Å². The highest BCUT2D eigenvalue weighted by molar-refractivity contribution is 6.34. The molecular formula is C31H30ClN3O5. The van der Waals surface area contributed by atoms with Crippen molar-refractivity contribution in [3.63, 3.8) is 0 Å². The predicted molar refractivity (Wildman–Crippen MR) is 155 cm³/mol. The smallest absolute Gasteiger partial charge is 0.276 e. The van der Waals surface area contributed by atoms with Crippen molar-refractivity contribution < 1.29 is 19.2 Å². The molecule has 1 saturated carbocycles. The van der Waals surface area contributed by atoms with Gasteiger partial charge in [0.25, 0.3) is 11.6 Å². The van der Waals surface area contributed by atoms with Crippen LogP contribution in [0.4, 0.5) is 5.69 Å². The molecule has 0 saturated heterocycles. The van der Waals surface area contributed by atoms with Crippen molar-refractivity contribution in [2.45, 2.75) is 39.2 Å². The maximum atomic E-state index is 14.0. The van der Waals surface area contributed by atoms with Crippen LogP contribution >= 0.6 is 11.6 Å². The molecule has 0 aromatic heterocycles. The van der Waals surface area contributed by atoms with Gasteiger partial charge in [-0.3, -0.25) is 14.9 Å². The number of carbonyl (C=O) groups excluding carboxylic acids is 1. The summed E-state index contributed by atoms with van der Waals surface area (Å²) < 4.78 is 11.2. The number of halogens is 1. The van der Waals surface area contributed by atoms with Crippen LogP contribution in [0.5, 0.6) is 11.5 Å². The van der Waals surface area contributed by atoms with Crippen LogP contribution in [0.25, 0.3) is 6.08 Å². The van der Waals surface area contributed by atoms with Crippen LogP contribution < -0.4 is 9.47 Å². The molecule has 1 aliphatic carbocycles. The zero-order chi connectivity index (χ0) is 28.2. The SMILES string of the molecule is CCOc1ccc(/C=C2/CCC[C@H]3C2=NN(C(=O)c2cc([N+](=O)[O-])ccc2Cl)[C@@H]3c2ccc(OCC)cc2)cc1. The minimum absolute atomic E-state index is 0.0398. The van der Waals surface area contributed by atoms with Crippen LogP contribution in [0.15, 0.2) is 77.4 Å². The lowest BCUT2D eigenvalue weighted by Crippen LogP contribution is -2.32. The Morgan fingerprint density at radius 2 is 1.70 bits per heavy atom. The maximum absolute atomic E-state index is 14.0. The summed E-state index contributed by atoms with van der Waals surface area (Å²) in [6.07, 6.45) is 4.74. The molecule has 3 aromatic rings. The summed E-state index contributed by atoms with van der Waals surface area (Å²) in [6, 6.07) is 19.1. The van der Waals surface area contributed by atoms with Gasteiger partial charge in [-0.1, -0.05) is 35.9 Å². The Balaban J connectivity index is 1.56. The predicted octanol–water partition coefficient (Wildman–Crippen LogP) is 7.48. The Labute approximate surface area is 238 Å². The van der Waals surface area contributed by atoms with Gasteiger partial charge in [0, 0.05) is 18.1 Å². The van der Waals surface area contributed by atoms with E-state index in [1.807, 2.05) is 62.4 Å². The Hall–Kier alpha value is -4.17. The normalized spacial score (nSPS) is 19.2. The van der Waals surface area contributed by atoms with Crippen LogP contribution in [-0.4, -0.2) is 34.8 Å². The number of carbonyl (C=O) groups is 1. The highest BCUT2D eigenvalue weighted by Gasteiger charge is 2.44. The van der Waals surface area contributed by atoms with Crippen molar-refractivity contribution in [3.05, 3.63) is 104 Å². The summed E-state index contributed by atoms with van der Waals surface area (Å²) in [5, 5.41) is 17.9. The van der Waals surface area contributed by atoms with E-state index >= 15 is 0 Å². The highest BCUT2D eigenvalue weighted by atomic mass is 35.5. The minimum Gasteiger partial charge on any atom is -0.494 e.